The van der Waals surface area contributed by atoms with Gasteiger partial charge in [-0.3, -0.25) is 18.9 Å². The normalized spacial score (nSPS) is 15.1. The first-order chi connectivity index (χ1) is 13.6. The summed E-state index contributed by atoms with van der Waals surface area (Å²) in [5.41, 5.74) is 0.699. The Hall–Kier alpha value is -2.42. The van der Waals surface area contributed by atoms with Gasteiger partial charge >= 0.3 is 0 Å². The molecule has 2 aromatic heterocycles. The van der Waals surface area contributed by atoms with E-state index in [1.165, 1.54) is 11.3 Å². The van der Waals surface area contributed by atoms with Crippen molar-refractivity contribution in [3.05, 3.63) is 63.0 Å². The number of fused-ring (bicyclic) bond motifs is 1. The number of hydrogen-bond acceptors (Lipinski definition) is 6. The Balaban J connectivity index is 1.29. The highest BCUT2D eigenvalue weighted by atomic mass is 35.5. The summed E-state index contributed by atoms with van der Waals surface area (Å²) in [6, 6.07) is 8.59. The van der Waals surface area contributed by atoms with Gasteiger partial charge in [0.1, 0.15) is 5.75 Å². The van der Waals surface area contributed by atoms with E-state index in [1.807, 2.05) is 5.38 Å². The number of aromatic nitrogens is 2. The number of halogens is 1. The molecule has 1 aliphatic rings. The molecule has 1 saturated heterocycles. The molecular formula is C19H19ClN4O3S. The molecule has 4 rings (SSSR count). The number of amides is 1. The predicted molar refractivity (Wildman–Crippen MR) is 108 cm³/mol. The Morgan fingerprint density at radius 1 is 1.21 bits per heavy atom. The zero-order valence-electron chi connectivity index (χ0n) is 15.1. The van der Waals surface area contributed by atoms with Crippen LogP contribution in [-0.4, -0.2) is 57.9 Å². The fraction of sp³-hybridized carbons (Fsp3) is 0.316. The van der Waals surface area contributed by atoms with Gasteiger partial charge in [0.05, 0.1) is 5.69 Å². The van der Waals surface area contributed by atoms with Gasteiger partial charge in [0.2, 0.25) is 0 Å². The average Bonchev–Trinajstić information content (AvgIpc) is 3.16. The fourth-order valence-electron chi connectivity index (χ4n) is 3.15. The lowest BCUT2D eigenvalue weighted by Crippen LogP contribution is -2.49. The molecule has 28 heavy (non-hydrogen) atoms. The molecule has 0 radical (unpaired) electrons. The minimum Gasteiger partial charge on any atom is -0.484 e. The lowest BCUT2D eigenvalue weighted by Gasteiger charge is -2.34. The molecular weight excluding hydrogens is 400 g/mol. The third-order valence-electron chi connectivity index (χ3n) is 4.63. The Morgan fingerprint density at radius 3 is 2.82 bits per heavy atom. The number of ether oxygens (including phenoxy) is 1. The molecule has 7 nitrogen and oxygen atoms in total. The first kappa shape index (κ1) is 18.9. The van der Waals surface area contributed by atoms with Gasteiger partial charge in [-0.25, -0.2) is 4.98 Å². The van der Waals surface area contributed by atoms with Gasteiger partial charge in [-0.05, 0) is 18.2 Å². The summed E-state index contributed by atoms with van der Waals surface area (Å²) < 4.78 is 7.08. The van der Waals surface area contributed by atoms with E-state index in [0.29, 0.717) is 35.4 Å². The molecule has 0 aliphatic carbocycles. The first-order valence-electron chi connectivity index (χ1n) is 8.93. The van der Waals surface area contributed by atoms with Crippen LogP contribution in [-0.2, 0) is 11.3 Å². The maximum absolute atomic E-state index is 12.4. The highest BCUT2D eigenvalue weighted by Crippen LogP contribution is 2.17. The molecule has 3 heterocycles. The average molecular weight is 419 g/mol. The van der Waals surface area contributed by atoms with Gasteiger partial charge in [0.15, 0.2) is 11.6 Å². The molecule has 0 saturated carbocycles. The summed E-state index contributed by atoms with van der Waals surface area (Å²) in [5.74, 6) is 0.539. The highest BCUT2D eigenvalue weighted by Gasteiger charge is 2.22. The van der Waals surface area contributed by atoms with E-state index in [4.69, 9.17) is 16.3 Å². The van der Waals surface area contributed by atoms with E-state index in [2.05, 4.69) is 9.88 Å². The molecule has 0 atom stereocenters. The van der Waals surface area contributed by atoms with Gasteiger partial charge in [-0.2, -0.15) is 0 Å². The minimum atomic E-state index is -0.0618. The van der Waals surface area contributed by atoms with Gasteiger partial charge in [-0.15, -0.1) is 11.3 Å². The molecule has 1 aromatic carbocycles. The molecule has 0 unspecified atom stereocenters. The van der Waals surface area contributed by atoms with Crippen LogP contribution in [0.5, 0.6) is 5.75 Å². The first-order valence-corrected chi connectivity index (χ1v) is 10.2. The topological polar surface area (TPSA) is 67.2 Å². The largest absolute Gasteiger partial charge is 0.484 e. The van der Waals surface area contributed by atoms with Crippen molar-refractivity contribution in [2.45, 2.75) is 6.54 Å². The number of hydrogen-bond donors (Lipinski definition) is 0. The van der Waals surface area contributed by atoms with Crippen LogP contribution in [0.4, 0.5) is 0 Å². The zero-order chi connectivity index (χ0) is 19.5. The van der Waals surface area contributed by atoms with Crippen LogP contribution in [0.15, 0.2) is 46.7 Å². The smallest absolute Gasteiger partial charge is 0.260 e. The van der Waals surface area contributed by atoms with Crippen LogP contribution in [0.3, 0.4) is 0 Å². The summed E-state index contributed by atoms with van der Waals surface area (Å²) >= 11 is 7.37. The Morgan fingerprint density at radius 2 is 2.04 bits per heavy atom. The number of carbonyl (C=O) groups excluding carboxylic acids is 1. The molecule has 0 bridgehead atoms. The number of thiazole rings is 1. The summed E-state index contributed by atoms with van der Waals surface area (Å²) in [6.45, 7) is 3.30. The van der Waals surface area contributed by atoms with E-state index in [1.54, 1.807) is 45.8 Å². The van der Waals surface area contributed by atoms with Crippen LogP contribution in [0.2, 0.25) is 5.02 Å². The third kappa shape index (κ3) is 4.35. The monoisotopic (exact) mass is 418 g/mol. The Kier molecular flexibility index (Phi) is 5.61. The Bertz CT molecular complexity index is 1040. The SMILES string of the molecule is O=C(COc1cccc(Cl)c1)N1CCN(Cc2cc(=O)n3ccsc3n2)CC1. The van der Waals surface area contributed by atoms with Crippen LogP contribution in [0.1, 0.15) is 5.69 Å². The van der Waals surface area contributed by atoms with Crippen LogP contribution in [0.25, 0.3) is 4.96 Å². The summed E-state index contributed by atoms with van der Waals surface area (Å²) in [4.78, 5) is 33.7. The van der Waals surface area contributed by atoms with Crippen molar-refractivity contribution in [3.63, 3.8) is 0 Å². The summed E-state index contributed by atoms with van der Waals surface area (Å²) in [5, 5.41) is 2.43. The maximum Gasteiger partial charge on any atom is 0.260 e. The molecule has 9 heteroatoms. The van der Waals surface area contributed by atoms with Crippen molar-refractivity contribution in [2.75, 3.05) is 32.8 Å². The zero-order valence-corrected chi connectivity index (χ0v) is 16.7. The number of nitrogens with zero attached hydrogens (tertiary/aromatic N) is 4. The number of benzene rings is 1. The Labute approximate surface area is 170 Å². The minimum absolute atomic E-state index is 0.00624. The second-order valence-corrected chi connectivity index (χ2v) is 7.85. The standard InChI is InChI=1S/C19H19ClN4O3S/c20-14-2-1-3-16(10-14)27-13-18(26)23-6-4-22(5-7-23)12-15-11-17(25)24-8-9-28-19(24)21-15/h1-3,8-11H,4-7,12-13H2. The second kappa shape index (κ2) is 8.30. The molecule has 1 fully saturated rings. The van der Waals surface area contributed by atoms with E-state index in [-0.39, 0.29) is 18.1 Å². The lowest BCUT2D eigenvalue weighted by atomic mass is 10.2. The van der Waals surface area contributed by atoms with E-state index in [0.717, 1.165) is 18.8 Å². The van der Waals surface area contributed by atoms with Crippen molar-refractivity contribution in [1.29, 1.82) is 0 Å². The van der Waals surface area contributed by atoms with Gasteiger partial charge < -0.3 is 9.64 Å². The van der Waals surface area contributed by atoms with Crippen LogP contribution in [0, 0.1) is 0 Å². The van der Waals surface area contributed by atoms with Crippen molar-refractivity contribution in [2.24, 2.45) is 0 Å². The van der Waals surface area contributed by atoms with Gasteiger partial charge in [0.25, 0.3) is 11.5 Å². The lowest BCUT2D eigenvalue weighted by molar-refractivity contribution is -0.135. The van der Waals surface area contributed by atoms with Crippen LogP contribution >= 0.6 is 22.9 Å². The van der Waals surface area contributed by atoms with Crippen LogP contribution < -0.4 is 10.3 Å². The van der Waals surface area contributed by atoms with Crippen molar-refractivity contribution >= 4 is 33.8 Å². The number of rotatable bonds is 5. The second-order valence-electron chi connectivity index (χ2n) is 6.54. The predicted octanol–water partition coefficient (Wildman–Crippen LogP) is 2.13. The summed E-state index contributed by atoms with van der Waals surface area (Å²) in [6.07, 6.45) is 1.73. The third-order valence-corrected chi connectivity index (χ3v) is 5.62. The van der Waals surface area contributed by atoms with Crippen molar-refractivity contribution in [3.8, 4) is 5.75 Å². The van der Waals surface area contributed by atoms with Gasteiger partial charge in [0, 0.05) is 55.4 Å². The molecule has 0 N–H and O–H groups in total. The maximum atomic E-state index is 12.4. The van der Waals surface area contributed by atoms with Gasteiger partial charge in [-0.1, -0.05) is 17.7 Å². The molecule has 146 valence electrons. The fourth-order valence-corrected chi connectivity index (χ4v) is 4.07. The number of piperazine rings is 1. The molecule has 1 aliphatic heterocycles. The van der Waals surface area contributed by atoms with E-state index >= 15 is 0 Å². The van der Waals surface area contributed by atoms with Crippen molar-refractivity contribution in [1.82, 2.24) is 19.2 Å². The van der Waals surface area contributed by atoms with E-state index < -0.39 is 0 Å². The number of carbonyl (C=O) groups is 1. The van der Waals surface area contributed by atoms with E-state index in [9.17, 15) is 9.59 Å². The summed E-state index contributed by atoms with van der Waals surface area (Å²) in [7, 11) is 0. The quantitative estimate of drug-likeness (QED) is 0.635. The highest BCUT2D eigenvalue weighted by molar-refractivity contribution is 7.15. The molecule has 0 spiro atoms. The molecule has 1 amide bonds. The molecule has 3 aromatic rings. The van der Waals surface area contributed by atoms with Crippen molar-refractivity contribution < 1.29 is 9.53 Å².